The van der Waals surface area contributed by atoms with Crippen molar-refractivity contribution in [1.29, 1.82) is 0 Å². The first-order chi connectivity index (χ1) is 13.0. The van der Waals surface area contributed by atoms with E-state index in [4.69, 9.17) is 4.74 Å². The molecule has 142 valence electrons. The molecular formula is C22H25NO4. The van der Waals surface area contributed by atoms with Crippen molar-refractivity contribution in [3.8, 4) is 0 Å². The normalized spacial score (nSPS) is 11.5. The Morgan fingerprint density at radius 3 is 2.30 bits per heavy atom. The Kier molecular flexibility index (Phi) is 7.74. The lowest BCUT2D eigenvalue weighted by Gasteiger charge is -2.11. The van der Waals surface area contributed by atoms with Gasteiger partial charge < -0.3 is 10.1 Å². The van der Waals surface area contributed by atoms with Crippen LogP contribution >= 0.6 is 0 Å². The maximum absolute atomic E-state index is 12.2. The number of esters is 1. The Morgan fingerprint density at radius 1 is 1.00 bits per heavy atom. The van der Waals surface area contributed by atoms with Crippen molar-refractivity contribution in [2.75, 3.05) is 11.9 Å². The number of benzene rings is 2. The van der Waals surface area contributed by atoms with E-state index in [0.717, 1.165) is 12.0 Å². The van der Waals surface area contributed by atoms with Crippen molar-refractivity contribution in [1.82, 2.24) is 0 Å². The van der Waals surface area contributed by atoms with Crippen LogP contribution in [0.4, 0.5) is 5.69 Å². The van der Waals surface area contributed by atoms with Crippen LogP contribution in [0.3, 0.4) is 0 Å². The van der Waals surface area contributed by atoms with Gasteiger partial charge in [0.25, 0.3) is 0 Å². The summed E-state index contributed by atoms with van der Waals surface area (Å²) in [6.45, 7) is 3.59. The number of carbonyl (C=O) groups is 3. The van der Waals surface area contributed by atoms with Gasteiger partial charge in [-0.15, -0.1) is 0 Å². The van der Waals surface area contributed by atoms with Gasteiger partial charge in [0.2, 0.25) is 5.91 Å². The van der Waals surface area contributed by atoms with Crippen molar-refractivity contribution in [3.05, 3.63) is 65.7 Å². The first kappa shape index (κ1) is 20.4. The highest BCUT2D eigenvalue weighted by Crippen LogP contribution is 2.19. The zero-order valence-electron chi connectivity index (χ0n) is 15.7. The monoisotopic (exact) mass is 367 g/mol. The lowest BCUT2D eigenvalue weighted by atomic mass is 9.98. The highest BCUT2D eigenvalue weighted by molar-refractivity contribution is 5.98. The fourth-order valence-electron chi connectivity index (χ4n) is 2.63. The fourth-order valence-corrected chi connectivity index (χ4v) is 2.63. The van der Waals surface area contributed by atoms with Crippen LogP contribution in [0.2, 0.25) is 0 Å². The minimum atomic E-state index is -0.400. The van der Waals surface area contributed by atoms with Crippen LogP contribution in [0.15, 0.2) is 54.6 Å². The van der Waals surface area contributed by atoms with Crippen molar-refractivity contribution >= 4 is 23.3 Å². The van der Waals surface area contributed by atoms with E-state index in [1.165, 1.54) is 0 Å². The minimum absolute atomic E-state index is 0.0276. The molecule has 0 aromatic heterocycles. The summed E-state index contributed by atoms with van der Waals surface area (Å²) in [5, 5.41) is 2.76. The Balaban J connectivity index is 1.81. The van der Waals surface area contributed by atoms with Gasteiger partial charge in [0.05, 0.1) is 6.42 Å². The summed E-state index contributed by atoms with van der Waals surface area (Å²) in [5.41, 5.74) is 2.13. The topological polar surface area (TPSA) is 72.5 Å². The molecule has 0 saturated heterocycles. The second-order valence-electron chi connectivity index (χ2n) is 6.48. The van der Waals surface area contributed by atoms with E-state index < -0.39 is 5.97 Å². The quantitative estimate of drug-likeness (QED) is 0.528. The summed E-state index contributed by atoms with van der Waals surface area (Å²) in [5.74, 6) is -0.705. The highest BCUT2D eigenvalue weighted by atomic mass is 16.5. The van der Waals surface area contributed by atoms with Crippen LogP contribution < -0.4 is 5.32 Å². The lowest BCUT2D eigenvalue weighted by molar-refractivity contribution is -0.142. The summed E-state index contributed by atoms with van der Waals surface area (Å²) in [4.78, 5) is 35.7. The third-order valence-corrected chi connectivity index (χ3v) is 4.17. The van der Waals surface area contributed by atoms with E-state index in [-0.39, 0.29) is 30.6 Å². The van der Waals surface area contributed by atoms with Crippen molar-refractivity contribution < 1.29 is 19.1 Å². The first-order valence-electron chi connectivity index (χ1n) is 9.13. The second-order valence-corrected chi connectivity index (χ2v) is 6.48. The number of rotatable bonds is 9. The molecule has 0 bridgehead atoms. The predicted molar refractivity (Wildman–Crippen MR) is 105 cm³/mol. The molecule has 0 radical (unpaired) electrons. The third kappa shape index (κ3) is 6.70. The molecule has 0 heterocycles. The molecule has 1 amide bonds. The van der Waals surface area contributed by atoms with Gasteiger partial charge in [-0.2, -0.15) is 0 Å². The molecule has 0 aliphatic carbocycles. The third-order valence-electron chi connectivity index (χ3n) is 4.17. The van der Waals surface area contributed by atoms with Crippen molar-refractivity contribution in [3.63, 3.8) is 0 Å². The number of ether oxygens (including phenoxy) is 1. The predicted octanol–water partition coefficient (Wildman–Crippen LogP) is 4.34. The molecule has 2 aromatic rings. The van der Waals surface area contributed by atoms with E-state index in [1.807, 2.05) is 44.2 Å². The van der Waals surface area contributed by atoms with Crippen LogP contribution in [-0.4, -0.2) is 24.3 Å². The SMILES string of the molecule is CCCC(=O)Nc1ccc(C(=O)COC(=O)C[C@H](C)c2ccccc2)cc1. The molecule has 1 atom stereocenters. The Hall–Kier alpha value is -2.95. The second kappa shape index (κ2) is 10.3. The average molecular weight is 367 g/mol. The molecule has 2 rings (SSSR count). The number of carbonyl (C=O) groups excluding carboxylic acids is 3. The lowest BCUT2D eigenvalue weighted by Crippen LogP contribution is -2.16. The number of Topliss-reactive ketones (excluding diaryl/α,β-unsaturated/α-hetero) is 1. The Labute approximate surface area is 159 Å². The average Bonchev–Trinajstić information content (AvgIpc) is 2.67. The molecule has 5 nitrogen and oxygen atoms in total. The van der Waals surface area contributed by atoms with Gasteiger partial charge in [-0.05, 0) is 42.2 Å². The van der Waals surface area contributed by atoms with E-state index in [2.05, 4.69) is 5.32 Å². The highest BCUT2D eigenvalue weighted by Gasteiger charge is 2.14. The molecule has 0 aliphatic heterocycles. The minimum Gasteiger partial charge on any atom is -0.457 e. The number of hydrogen-bond donors (Lipinski definition) is 1. The summed E-state index contributed by atoms with van der Waals surface area (Å²) in [7, 11) is 0. The fraction of sp³-hybridized carbons (Fsp3) is 0.318. The van der Waals surface area contributed by atoms with Gasteiger partial charge in [-0.3, -0.25) is 14.4 Å². The van der Waals surface area contributed by atoms with Gasteiger partial charge in [-0.1, -0.05) is 44.2 Å². The van der Waals surface area contributed by atoms with Crippen LogP contribution in [0, 0.1) is 0 Å². The van der Waals surface area contributed by atoms with Crippen LogP contribution in [-0.2, 0) is 14.3 Å². The van der Waals surface area contributed by atoms with Gasteiger partial charge >= 0.3 is 5.97 Å². The largest absolute Gasteiger partial charge is 0.457 e. The van der Waals surface area contributed by atoms with Crippen molar-refractivity contribution in [2.45, 2.75) is 39.0 Å². The molecular weight excluding hydrogens is 342 g/mol. The van der Waals surface area contributed by atoms with Gasteiger partial charge in [0.15, 0.2) is 12.4 Å². The molecule has 5 heteroatoms. The van der Waals surface area contributed by atoms with E-state index in [9.17, 15) is 14.4 Å². The standard InChI is InChI=1S/C22H25NO4/c1-3-7-21(25)23-19-12-10-18(11-13-19)20(24)15-27-22(26)14-16(2)17-8-5-4-6-9-17/h4-6,8-13,16H,3,7,14-15H2,1-2H3,(H,23,25)/t16-/m0/s1. The molecule has 0 saturated carbocycles. The molecule has 0 spiro atoms. The smallest absolute Gasteiger partial charge is 0.306 e. The zero-order chi connectivity index (χ0) is 19.6. The maximum Gasteiger partial charge on any atom is 0.306 e. The molecule has 2 aromatic carbocycles. The van der Waals surface area contributed by atoms with Crippen LogP contribution in [0.25, 0.3) is 0 Å². The number of nitrogens with one attached hydrogen (secondary N) is 1. The van der Waals surface area contributed by atoms with Gasteiger partial charge in [-0.25, -0.2) is 0 Å². The number of hydrogen-bond acceptors (Lipinski definition) is 4. The molecule has 27 heavy (non-hydrogen) atoms. The van der Waals surface area contributed by atoms with Gasteiger partial charge in [0, 0.05) is 17.7 Å². The Morgan fingerprint density at radius 2 is 1.67 bits per heavy atom. The van der Waals surface area contributed by atoms with E-state index in [0.29, 0.717) is 17.7 Å². The molecule has 0 unspecified atom stereocenters. The van der Waals surface area contributed by atoms with E-state index in [1.54, 1.807) is 24.3 Å². The molecule has 0 aliphatic rings. The van der Waals surface area contributed by atoms with Crippen molar-refractivity contribution in [2.24, 2.45) is 0 Å². The zero-order valence-corrected chi connectivity index (χ0v) is 15.7. The number of amides is 1. The van der Waals surface area contributed by atoms with E-state index >= 15 is 0 Å². The summed E-state index contributed by atoms with van der Waals surface area (Å²) in [6, 6.07) is 16.3. The summed E-state index contributed by atoms with van der Waals surface area (Å²) in [6.07, 6.45) is 1.45. The van der Waals surface area contributed by atoms with Crippen LogP contribution in [0.5, 0.6) is 0 Å². The van der Waals surface area contributed by atoms with Crippen LogP contribution in [0.1, 0.15) is 54.9 Å². The molecule has 0 fully saturated rings. The maximum atomic E-state index is 12.2. The first-order valence-corrected chi connectivity index (χ1v) is 9.13. The molecule has 1 N–H and O–H groups in total. The summed E-state index contributed by atoms with van der Waals surface area (Å²) < 4.78 is 5.12. The Bertz CT molecular complexity index is 769. The number of anilines is 1. The number of ketones is 1. The summed E-state index contributed by atoms with van der Waals surface area (Å²) >= 11 is 0. The van der Waals surface area contributed by atoms with Gasteiger partial charge in [0.1, 0.15) is 0 Å².